The molecule has 6 rings (SSSR count). The summed E-state index contributed by atoms with van der Waals surface area (Å²) >= 11 is 1.52. The summed E-state index contributed by atoms with van der Waals surface area (Å²) in [6.07, 6.45) is 4.39. The predicted octanol–water partition coefficient (Wildman–Crippen LogP) is 4.33. The lowest BCUT2D eigenvalue weighted by Gasteiger charge is -2.26. The molecular formula is C30H31N5O4S. The minimum Gasteiger partial charge on any atom is -0.302 e. The molecule has 0 aliphatic carbocycles. The topological polar surface area (TPSA) is 106 Å². The highest BCUT2D eigenvalue weighted by molar-refractivity contribution is 7.18. The monoisotopic (exact) mass is 557 g/mol. The molecule has 40 heavy (non-hydrogen) atoms. The SMILES string of the molecule is CCc1cc2c(=O)n(CCN3CCCCC3)c(=O)n(Cc3ccc(-c4ccccc4-c4noc(=O)[nH]4)cc3)c2s1. The number of aromatic nitrogens is 4. The Morgan fingerprint density at radius 3 is 2.38 bits per heavy atom. The maximum absolute atomic E-state index is 13.7. The number of nitrogens with zero attached hydrogens (tertiary/aromatic N) is 4. The van der Waals surface area contributed by atoms with Gasteiger partial charge in [-0.2, -0.15) is 0 Å². The number of aryl methyl sites for hydroxylation is 1. The first-order valence-electron chi connectivity index (χ1n) is 13.7. The van der Waals surface area contributed by atoms with Gasteiger partial charge in [-0.25, -0.2) is 9.59 Å². The maximum atomic E-state index is 13.7. The van der Waals surface area contributed by atoms with Crippen LogP contribution in [0.5, 0.6) is 0 Å². The van der Waals surface area contributed by atoms with E-state index in [2.05, 4.69) is 22.0 Å². The van der Waals surface area contributed by atoms with Crippen molar-refractivity contribution >= 4 is 21.6 Å². The zero-order valence-corrected chi connectivity index (χ0v) is 23.2. The van der Waals surface area contributed by atoms with E-state index in [1.165, 1.54) is 35.2 Å². The summed E-state index contributed by atoms with van der Waals surface area (Å²) in [7, 11) is 0. The molecule has 4 heterocycles. The third kappa shape index (κ3) is 5.12. The van der Waals surface area contributed by atoms with Crippen LogP contribution >= 0.6 is 11.3 Å². The van der Waals surface area contributed by atoms with Gasteiger partial charge >= 0.3 is 11.4 Å². The van der Waals surface area contributed by atoms with Crippen molar-refractivity contribution in [2.45, 2.75) is 45.7 Å². The molecule has 0 unspecified atom stereocenters. The molecule has 0 spiro atoms. The number of nitrogens with one attached hydrogen (secondary N) is 1. The number of fused-ring (bicyclic) bond motifs is 1. The average Bonchev–Trinajstić information content (AvgIpc) is 3.63. The Morgan fingerprint density at radius 1 is 0.925 bits per heavy atom. The number of hydrogen-bond acceptors (Lipinski definition) is 7. The lowest BCUT2D eigenvalue weighted by atomic mass is 9.98. The molecule has 1 aliphatic rings. The highest BCUT2D eigenvalue weighted by Crippen LogP contribution is 2.30. The fourth-order valence-electron chi connectivity index (χ4n) is 5.44. The van der Waals surface area contributed by atoms with Gasteiger partial charge in [-0.15, -0.1) is 11.3 Å². The third-order valence-corrected chi connectivity index (χ3v) is 8.91. The summed E-state index contributed by atoms with van der Waals surface area (Å²) in [6.45, 7) is 5.56. The van der Waals surface area contributed by atoms with Crippen LogP contribution in [0.4, 0.5) is 0 Å². The van der Waals surface area contributed by atoms with E-state index in [9.17, 15) is 14.4 Å². The molecule has 1 aliphatic heterocycles. The van der Waals surface area contributed by atoms with Crippen molar-refractivity contribution in [2.24, 2.45) is 0 Å². The smallest absolute Gasteiger partial charge is 0.302 e. The first-order chi connectivity index (χ1) is 19.5. The van der Waals surface area contributed by atoms with E-state index in [1.807, 2.05) is 54.6 Å². The van der Waals surface area contributed by atoms with Gasteiger partial charge in [-0.1, -0.05) is 67.0 Å². The van der Waals surface area contributed by atoms with Crippen LogP contribution in [-0.2, 0) is 19.5 Å². The van der Waals surface area contributed by atoms with E-state index < -0.39 is 5.76 Å². The third-order valence-electron chi connectivity index (χ3n) is 7.61. The number of likely N-dealkylation sites (tertiary alicyclic amines) is 1. The summed E-state index contributed by atoms with van der Waals surface area (Å²) < 4.78 is 7.87. The highest BCUT2D eigenvalue weighted by Gasteiger charge is 2.18. The zero-order chi connectivity index (χ0) is 27.6. The number of thiophene rings is 1. The Balaban J connectivity index is 1.34. The summed E-state index contributed by atoms with van der Waals surface area (Å²) in [5, 5.41) is 4.46. The second-order valence-electron chi connectivity index (χ2n) is 10.2. The minimum absolute atomic E-state index is 0.193. The Hall–Kier alpha value is -4.02. The molecule has 3 aromatic heterocycles. The molecule has 10 heteroatoms. The van der Waals surface area contributed by atoms with Crippen molar-refractivity contribution in [1.29, 1.82) is 0 Å². The molecule has 0 bridgehead atoms. The van der Waals surface area contributed by atoms with Crippen LogP contribution in [0.25, 0.3) is 32.7 Å². The molecule has 0 saturated carbocycles. The molecular weight excluding hydrogens is 526 g/mol. The molecule has 0 radical (unpaired) electrons. The van der Waals surface area contributed by atoms with E-state index in [4.69, 9.17) is 4.52 Å². The average molecular weight is 558 g/mol. The Kier molecular flexibility index (Phi) is 7.36. The number of benzene rings is 2. The molecule has 1 fully saturated rings. The van der Waals surface area contributed by atoms with Gasteiger partial charge in [0.2, 0.25) is 0 Å². The van der Waals surface area contributed by atoms with Crippen molar-refractivity contribution in [3.8, 4) is 22.5 Å². The number of aromatic amines is 1. The summed E-state index contributed by atoms with van der Waals surface area (Å²) in [6, 6.07) is 17.6. The van der Waals surface area contributed by atoms with Crippen molar-refractivity contribution < 1.29 is 4.52 Å². The van der Waals surface area contributed by atoms with E-state index in [-0.39, 0.29) is 11.2 Å². The van der Waals surface area contributed by atoms with E-state index >= 15 is 0 Å². The largest absolute Gasteiger partial charge is 0.439 e. The lowest BCUT2D eigenvalue weighted by molar-refractivity contribution is 0.218. The lowest BCUT2D eigenvalue weighted by Crippen LogP contribution is -2.43. The van der Waals surface area contributed by atoms with E-state index in [1.54, 1.807) is 4.57 Å². The van der Waals surface area contributed by atoms with Crippen LogP contribution in [0.2, 0.25) is 0 Å². The second kappa shape index (κ2) is 11.2. The molecule has 0 atom stereocenters. The van der Waals surface area contributed by atoms with Crippen LogP contribution < -0.4 is 17.0 Å². The van der Waals surface area contributed by atoms with Gasteiger partial charge in [0.05, 0.1) is 11.9 Å². The van der Waals surface area contributed by atoms with Gasteiger partial charge in [0, 0.05) is 23.5 Å². The standard InChI is InChI=1S/C30H31N5O4S/c1-2-22-18-25-27(36)34(17-16-33-14-6-3-7-15-33)30(38)35(28(25)40-22)19-20-10-12-21(13-11-20)23-8-4-5-9-24(23)26-31-29(37)39-32-26/h4-5,8-13,18H,2-3,6-7,14-17,19H2,1H3,(H,31,32,37). The highest BCUT2D eigenvalue weighted by atomic mass is 32.1. The van der Waals surface area contributed by atoms with E-state index in [0.29, 0.717) is 30.8 Å². The molecule has 5 aromatic rings. The Morgan fingerprint density at radius 2 is 1.68 bits per heavy atom. The summed E-state index contributed by atoms with van der Waals surface area (Å²) in [5.41, 5.74) is 3.09. The van der Waals surface area contributed by atoms with Crippen molar-refractivity contribution in [3.63, 3.8) is 0 Å². The van der Waals surface area contributed by atoms with Crippen LogP contribution in [-0.4, -0.2) is 43.8 Å². The summed E-state index contributed by atoms with van der Waals surface area (Å²) in [4.78, 5) is 45.4. The van der Waals surface area contributed by atoms with Crippen molar-refractivity contribution in [1.82, 2.24) is 24.2 Å². The Bertz CT molecular complexity index is 1820. The fourth-order valence-corrected chi connectivity index (χ4v) is 6.52. The summed E-state index contributed by atoms with van der Waals surface area (Å²) in [5.74, 6) is -0.233. The second-order valence-corrected chi connectivity index (χ2v) is 11.3. The van der Waals surface area contributed by atoms with Crippen molar-refractivity contribution in [3.05, 3.63) is 96.4 Å². The minimum atomic E-state index is -0.603. The van der Waals surface area contributed by atoms with Crippen LogP contribution in [0, 0.1) is 0 Å². The molecule has 206 valence electrons. The first kappa shape index (κ1) is 26.2. The van der Waals surface area contributed by atoms with Crippen molar-refractivity contribution in [2.75, 3.05) is 19.6 Å². The van der Waals surface area contributed by atoms with Gasteiger partial charge in [0.15, 0.2) is 5.82 Å². The van der Waals surface area contributed by atoms with Gasteiger partial charge in [0.25, 0.3) is 5.56 Å². The number of piperidine rings is 1. The Labute approximate surface area is 234 Å². The van der Waals surface area contributed by atoms with Crippen LogP contribution in [0.15, 0.2) is 73.5 Å². The number of hydrogen-bond donors (Lipinski definition) is 1. The predicted molar refractivity (Wildman–Crippen MR) is 157 cm³/mol. The van der Waals surface area contributed by atoms with Crippen LogP contribution in [0.3, 0.4) is 0 Å². The normalized spacial score (nSPS) is 14.2. The molecule has 0 amide bonds. The molecule has 1 saturated heterocycles. The van der Waals surface area contributed by atoms with Gasteiger partial charge in [-0.3, -0.25) is 23.4 Å². The van der Waals surface area contributed by atoms with E-state index in [0.717, 1.165) is 51.5 Å². The quantitative estimate of drug-likeness (QED) is 0.304. The maximum Gasteiger partial charge on any atom is 0.439 e. The van der Waals surface area contributed by atoms with Gasteiger partial charge in [-0.05, 0) is 55.1 Å². The first-order valence-corrected chi connectivity index (χ1v) is 14.6. The van der Waals surface area contributed by atoms with Gasteiger partial charge < -0.3 is 4.90 Å². The molecule has 1 N–H and O–H groups in total. The molecule has 2 aromatic carbocycles. The van der Waals surface area contributed by atoms with Crippen LogP contribution in [0.1, 0.15) is 36.6 Å². The number of rotatable bonds is 8. The zero-order valence-electron chi connectivity index (χ0n) is 22.4. The fraction of sp³-hybridized carbons (Fsp3) is 0.333. The molecule has 9 nitrogen and oxygen atoms in total. The van der Waals surface area contributed by atoms with Gasteiger partial charge in [0.1, 0.15) is 4.83 Å². The number of H-pyrrole nitrogens is 1.